The van der Waals surface area contributed by atoms with E-state index in [-0.39, 0.29) is 0 Å². The summed E-state index contributed by atoms with van der Waals surface area (Å²) in [5.41, 5.74) is 1.11. The third-order valence-electron chi connectivity index (χ3n) is 4.18. The molecule has 1 aliphatic heterocycles. The van der Waals surface area contributed by atoms with Crippen molar-refractivity contribution < 1.29 is 0 Å². The van der Waals surface area contributed by atoms with Gasteiger partial charge in [-0.05, 0) is 45.7 Å². The number of hydrogen-bond acceptors (Lipinski definition) is 5. The Labute approximate surface area is 128 Å². The Kier molecular flexibility index (Phi) is 5.79. The van der Waals surface area contributed by atoms with E-state index in [1.54, 1.807) is 0 Å². The van der Waals surface area contributed by atoms with Crippen LogP contribution in [-0.4, -0.2) is 48.6 Å². The molecule has 1 aliphatic rings. The molecule has 0 amide bonds. The zero-order valence-electron chi connectivity index (χ0n) is 13.9. The van der Waals surface area contributed by atoms with Gasteiger partial charge in [0.1, 0.15) is 17.5 Å². The molecule has 0 aliphatic carbocycles. The molecule has 1 atom stereocenters. The summed E-state index contributed by atoms with van der Waals surface area (Å²) in [6.45, 7) is 7.65. The van der Waals surface area contributed by atoms with Crippen molar-refractivity contribution in [3.63, 3.8) is 0 Å². The molecular formula is C16H29N5. The standard InChI is InChI=1S/C16H29N5/c1-5-7-14-19-15(17-3)12(2)16(20-14)18-10-13-8-6-9-21(4)11-13/h13H,5-11H2,1-4H3,(H2,17,18,19,20). The van der Waals surface area contributed by atoms with Gasteiger partial charge in [-0.25, -0.2) is 9.97 Å². The SMILES string of the molecule is CCCc1nc(NC)c(C)c(NCC2CCCN(C)C2)n1. The van der Waals surface area contributed by atoms with E-state index in [1.807, 2.05) is 7.05 Å². The molecular weight excluding hydrogens is 262 g/mol. The average Bonchev–Trinajstić information content (AvgIpc) is 2.48. The second kappa shape index (κ2) is 7.59. The highest BCUT2D eigenvalue weighted by atomic mass is 15.1. The summed E-state index contributed by atoms with van der Waals surface area (Å²) in [6.07, 6.45) is 4.60. The van der Waals surface area contributed by atoms with E-state index in [2.05, 4.69) is 41.4 Å². The molecule has 1 fully saturated rings. The number of nitrogens with zero attached hydrogens (tertiary/aromatic N) is 3. The summed E-state index contributed by atoms with van der Waals surface area (Å²) in [5.74, 6) is 3.57. The molecule has 2 N–H and O–H groups in total. The smallest absolute Gasteiger partial charge is 0.134 e. The minimum absolute atomic E-state index is 0.714. The maximum Gasteiger partial charge on any atom is 0.134 e. The first-order valence-electron chi connectivity index (χ1n) is 8.11. The molecule has 1 saturated heterocycles. The van der Waals surface area contributed by atoms with Crippen LogP contribution in [0.3, 0.4) is 0 Å². The van der Waals surface area contributed by atoms with Gasteiger partial charge in [0.25, 0.3) is 0 Å². The summed E-state index contributed by atoms with van der Waals surface area (Å²) >= 11 is 0. The Morgan fingerprint density at radius 1 is 1.29 bits per heavy atom. The molecule has 1 aromatic rings. The molecule has 2 rings (SSSR count). The van der Waals surface area contributed by atoms with Crippen LogP contribution in [0.25, 0.3) is 0 Å². The quantitative estimate of drug-likeness (QED) is 0.843. The van der Waals surface area contributed by atoms with Gasteiger partial charge in [-0.1, -0.05) is 6.92 Å². The maximum absolute atomic E-state index is 4.70. The first kappa shape index (κ1) is 16.0. The zero-order valence-corrected chi connectivity index (χ0v) is 13.9. The zero-order chi connectivity index (χ0) is 15.2. The minimum Gasteiger partial charge on any atom is -0.373 e. The molecule has 0 radical (unpaired) electrons. The van der Waals surface area contributed by atoms with Gasteiger partial charge in [-0.3, -0.25) is 0 Å². The van der Waals surface area contributed by atoms with Crippen LogP contribution in [0.15, 0.2) is 0 Å². The van der Waals surface area contributed by atoms with Crippen molar-refractivity contribution in [2.24, 2.45) is 5.92 Å². The van der Waals surface area contributed by atoms with Crippen LogP contribution in [0.5, 0.6) is 0 Å². The van der Waals surface area contributed by atoms with Gasteiger partial charge in [-0.2, -0.15) is 0 Å². The van der Waals surface area contributed by atoms with Gasteiger partial charge in [-0.15, -0.1) is 0 Å². The monoisotopic (exact) mass is 291 g/mol. The van der Waals surface area contributed by atoms with Crippen LogP contribution in [0.1, 0.15) is 37.6 Å². The number of likely N-dealkylation sites (tertiary alicyclic amines) is 1. The Bertz CT molecular complexity index is 460. The average molecular weight is 291 g/mol. The molecule has 0 saturated carbocycles. The molecule has 0 spiro atoms. The first-order chi connectivity index (χ1) is 10.1. The van der Waals surface area contributed by atoms with E-state index >= 15 is 0 Å². The minimum atomic E-state index is 0.714. The number of anilines is 2. The maximum atomic E-state index is 4.70. The molecule has 1 aromatic heterocycles. The third-order valence-corrected chi connectivity index (χ3v) is 4.18. The molecule has 1 unspecified atom stereocenters. The van der Waals surface area contributed by atoms with Crippen LogP contribution in [0.4, 0.5) is 11.6 Å². The van der Waals surface area contributed by atoms with Crippen LogP contribution in [0, 0.1) is 12.8 Å². The third kappa shape index (κ3) is 4.30. The van der Waals surface area contributed by atoms with Crippen LogP contribution >= 0.6 is 0 Å². The number of nitrogens with one attached hydrogen (secondary N) is 2. The van der Waals surface area contributed by atoms with Crippen molar-refractivity contribution in [1.82, 2.24) is 14.9 Å². The van der Waals surface area contributed by atoms with Gasteiger partial charge in [0.05, 0.1) is 0 Å². The predicted molar refractivity (Wildman–Crippen MR) is 89.0 cm³/mol. The second-order valence-corrected chi connectivity index (χ2v) is 6.11. The Balaban J connectivity index is 2.05. The highest BCUT2D eigenvalue weighted by molar-refractivity contribution is 5.57. The lowest BCUT2D eigenvalue weighted by atomic mass is 9.98. The van der Waals surface area contributed by atoms with E-state index in [9.17, 15) is 0 Å². The highest BCUT2D eigenvalue weighted by Gasteiger charge is 2.18. The van der Waals surface area contributed by atoms with E-state index < -0.39 is 0 Å². The van der Waals surface area contributed by atoms with Crippen LogP contribution < -0.4 is 10.6 Å². The van der Waals surface area contributed by atoms with Crippen molar-refractivity contribution in [1.29, 1.82) is 0 Å². The fourth-order valence-electron chi connectivity index (χ4n) is 2.99. The van der Waals surface area contributed by atoms with Crippen LogP contribution in [-0.2, 0) is 6.42 Å². The molecule has 2 heterocycles. The normalized spacial score (nSPS) is 19.5. The molecule has 5 heteroatoms. The summed E-state index contributed by atoms with van der Waals surface area (Å²) in [7, 11) is 4.13. The first-order valence-corrected chi connectivity index (χ1v) is 8.11. The molecule has 118 valence electrons. The van der Waals surface area contributed by atoms with Gasteiger partial charge in [0.15, 0.2) is 0 Å². The summed E-state index contributed by atoms with van der Waals surface area (Å²) < 4.78 is 0. The summed E-state index contributed by atoms with van der Waals surface area (Å²) in [6, 6.07) is 0. The Hall–Kier alpha value is -1.36. The topological polar surface area (TPSA) is 53.1 Å². The predicted octanol–water partition coefficient (Wildman–Crippen LogP) is 2.53. The lowest BCUT2D eigenvalue weighted by molar-refractivity contribution is 0.217. The van der Waals surface area contributed by atoms with Crippen molar-refractivity contribution >= 4 is 11.6 Å². The van der Waals surface area contributed by atoms with Crippen molar-refractivity contribution in [2.75, 3.05) is 44.4 Å². The van der Waals surface area contributed by atoms with Gasteiger partial charge < -0.3 is 15.5 Å². The molecule has 21 heavy (non-hydrogen) atoms. The van der Waals surface area contributed by atoms with Crippen molar-refractivity contribution in [3.8, 4) is 0 Å². The van der Waals surface area contributed by atoms with Gasteiger partial charge in [0.2, 0.25) is 0 Å². The van der Waals surface area contributed by atoms with Crippen LogP contribution in [0.2, 0.25) is 0 Å². The van der Waals surface area contributed by atoms with E-state index in [1.165, 1.54) is 25.9 Å². The van der Waals surface area contributed by atoms with Crippen molar-refractivity contribution in [3.05, 3.63) is 11.4 Å². The second-order valence-electron chi connectivity index (χ2n) is 6.11. The molecule has 5 nitrogen and oxygen atoms in total. The number of hydrogen-bond donors (Lipinski definition) is 2. The fourth-order valence-corrected chi connectivity index (χ4v) is 2.99. The summed E-state index contributed by atoms with van der Waals surface area (Å²) in [5, 5.41) is 6.74. The Morgan fingerprint density at radius 3 is 2.71 bits per heavy atom. The lowest BCUT2D eigenvalue weighted by Crippen LogP contribution is -2.35. The number of rotatable bonds is 6. The molecule has 0 aromatic carbocycles. The van der Waals surface area contributed by atoms with Gasteiger partial charge >= 0.3 is 0 Å². The van der Waals surface area contributed by atoms with E-state index in [4.69, 9.17) is 4.98 Å². The Morgan fingerprint density at radius 2 is 2.05 bits per heavy atom. The fraction of sp³-hybridized carbons (Fsp3) is 0.750. The summed E-state index contributed by atoms with van der Waals surface area (Å²) in [4.78, 5) is 11.7. The van der Waals surface area contributed by atoms with Gasteiger partial charge in [0, 0.05) is 32.1 Å². The number of aromatic nitrogens is 2. The van der Waals surface area contributed by atoms with E-state index in [0.717, 1.165) is 42.4 Å². The largest absolute Gasteiger partial charge is 0.373 e. The van der Waals surface area contributed by atoms with E-state index in [0.29, 0.717) is 5.92 Å². The highest BCUT2D eigenvalue weighted by Crippen LogP contribution is 2.22. The van der Waals surface area contributed by atoms with Crippen molar-refractivity contribution in [2.45, 2.75) is 39.5 Å². The molecule has 0 bridgehead atoms. The number of aryl methyl sites for hydroxylation is 1. The number of piperidine rings is 1. The lowest BCUT2D eigenvalue weighted by Gasteiger charge is -2.30.